The largest absolute Gasteiger partial charge is 0.481 e. The molecule has 2 rings (SSSR count). The zero-order chi connectivity index (χ0) is 13.8. The number of aromatic nitrogens is 2. The molecular formula is C14H15ClN2O2. The molecule has 0 radical (unpaired) electrons. The van der Waals surface area contributed by atoms with Crippen molar-refractivity contribution < 1.29 is 9.90 Å². The van der Waals surface area contributed by atoms with Gasteiger partial charge in [0, 0.05) is 30.9 Å². The van der Waals surface area contributed by atoms with Crippen LogP contribution in [-0.2, 0) is 18.3 Å². The number of aliphatic carboxylic acids is 1. The number of hydrogen-bond acceptors (Lipinski definition) is 2. The third kappa shape index (κ3) is 3.15. The fraction of sp³-hybridized carbons (Fsp3) is 0.286. The van der Waals surface area contributed by atoms with Crippen molar-refractivity contribution in [2.75, 3.05) is 0 Å². The third-order valence-corrected chi connectivity index (χ3v) is 3.50. The Morgan fingerprint density at radius 3 is 2.79 bits per heavy atom. The van der Waals surface area contributed by atoms with Crippen LogP contribution in [0.4, 0.5) is 0 Å². The summed E-state index contributed by atoms with van der Waals surface area (Å²) in [5.74, 6) is -0.592. The topological polar surface area (TPSA) is 55.1 Å². The third-order valence-electron chi connectivity index (χ3n) is 3.16. The standard InChI is InChI=1S/C14H15ClN2O2/c1-17-9-8-16-13(17)7-6-11(14(18)19)10-4-2-3-5-12(10)15/h2-5,8-9,11H,6-7H2,1H3,(H,18,19). The van der Waals surface area contributed by atoms with E-state index in [1.807, 2.05) is 17.8 Å². The van der Waals surface area contributed by atoms with Crippen LogP contribution >= 0.6 is 11.6 Å². The van der Waals surface area contributed by atoms with Crippen molar-refractivity contribution >= 4 is 17.6 Å². The quantitative estimate of drug-likeness (QED) is 0.915. The Bertz CT molecular complexity index is 580. The summed E-state index contributed by atoms with van der Waals surface area (Å²) >= 11 is 6.07. The molecule has 1 heterocycles. The first-order valence-electron chi connectivity index (χ1n) is 6.03. The highest BCUT2D eigenvalue weighted by Gasteiger charge is 2.22. The summed E-state index contributed by atoms with van der Waals surface area (Å²) in [7, 11) is 1.90. The van der Waals surface area contributed by atoms with Crippen LogP contribution in [0.25, 0.3) is 0 Å². The fourth-order valence-corrected chi connectivity index (χ4v) is 2.35. The van der Waals surface area contributed by atoms with Gasteiger partial charge >= 0.3 is 5.97 Å². The van der Waals surface area contributed by atoms with Crippen molar-refractivity contribution in [1.82, 2.24) is 9.55 Å². The second-order valence-electron chi connectivity index (χ2n) is 4.41. The molecule has 5 heteroatoms. The molecule has 0 amide bonds. The van der Waals surface area contributed by atoms with Crippen LogP contribution in [0.1, 0.15) is 23.7 Å². The summed E-state index contributed by atoms with van der Waals surface area (Å²) in [5, 5.41) is 9.86. The van der Waals surface area contributed by atoms with Crippen LogP contribution in [0.15, 0.2) is 36.7 Å². The Labute approximate surface area is 116 Å². The monoisotopic (exact) mass is 278 g/mol. The first kappa shape index (κ1) is 13.6. The molecule has 2 aromatic rings. The highest BCUT2D eigenvalue weighted by Crippen LogP contribution is 2.28. The number of carboxylic acids is 1. The normalized spacial score (nSPS) is 12.3. The average molecular weight is 279 g/mol. The number of carbonyl (C=O) groups is 1. The number of imidazole rings is 1. The Morgan fingerprint density at radius 1 is 1.47 bits per heavy atom. The molecular weight excluding hydrogens is 264 g/mol. The Hall–Kier alpha value is -1.81. The van der Waals surface area contributed by atoms with Crippen molar-refractivity contribution in [3.8, 4) is 0 Å². The molecule has 0 bridgehead atoms. The second kappa shape index (κ2) is 5.89. The second-order valence-corrected chi connectivity index (χ2v) is 4.81. The average Bonchev–Trinajstić information content (AvgIpc) is 2.77. The summed E-state index contributed by atoms with van der Waals surface area (Å²) in [6, 6.07) is 7.08. The Morgan fingerprint density at radius 2 is 2.21 bits per heavy atom. The van der Waals surface area contributed by atoms with Gasteiger partial charge in [-0.15, -0.1) is 0 Å². The van der Waals surface area contributed by atoms with E-state index in [0.29, 0.717) is 23.4 Å². The number of halogens is 1. The van der Waals surface area contributed by atoms with Gasteiger partial charge in [-0.25, -0.2) is 4.98 Å². The number of benzene rings is 1. The molecule has 1 unspecified atom stereocenters. The van der Waals surface area contributed by atoms with E-state index < -0.39 is 11.9 Å². The van der Waals surface area contributed by atoms with Crippen molar-refractivity contribution in [3.63, 3.8) is 0 Å². The highest BCUT2D eigenvalue weighted by molar-refractivity contribution is 6.31. The maximum atomic E-state index is 11.4. The van der Waals surface area contributed by atoms with Crippen LogP contribution < -0.4 is 0 Å². The minimum atomic E-state index is -0.859. The molecule has 0 aliphatic carbocycles. The summed E-state index contributed by atoms with van der Waals surface area (Å²) < 4.78 is 1.89. The van der Waals surface area contributed by atoms with Gasteiger partial charge in [-0.1, -0.05) is 29.8 Å². The van der Waals surface area contributed by atoms with Gasteiger partial charge in [0.2, 0.25) is 0 Å². The molecule has 19 heavy (non-hydrogen) atoms. The number of aryl methyl sites for hydroxylation is 2. The van der Waals surface area contributed by atoms with Gasteiger partial charge in [0.1, 0.15) is 5.82 Å². The van der Waals surface area contributed by atoms with Gasteiger partial charge in [-0.05, 0) is 18.1 Å². The number of nitrogens with zero attached hydrogens (tertiary/aromatic N) is 2. The van der Waals surface area contributed by atoms with E-state index in [9.17, 15) is 9.90 Å². The molecule has 1 atom stereocenters. The first-order valence-corrected chi connectivity index (χ1v) is 6.41. The number of carboxylic acid groups (broad SMARTS) is 1. The van der Waals surface area contributed by atoms with Crippen LogP contribution in [-0.4, -0.2) is 20.6 Å². The highest BCUT2D eigenvalue weighted by atomic mass is 35.5. The summed E-state index contributed by atoms with van der Waals surface area (Å²) in [4.78, 5) is 15.6. The molecule has 4 nitrogen and oxygen atoms in total. The Balaban J connectivity index is 2.16. The molecule has 1 aromatic heterocycles. The zero-order valence-corrected chi connectivity index (χ0v) is 11.3. The van der Waals surface area contributed by atoms with Crippen LogP contribution in [0.5, 0.6) is 0 Å². The van der Waals surface area contributed by atoms with Crippen LogP contribution in [0.2, 0.25) is 5.02 Å². The van der Waals surface area contributed by atoms with Gasteiger partial charge in [0.05, 0.1) is 5.92 Å². The van der Waals surface area contributed by atoms with Gasteiger partial charge in [-0.2, -0.15) is 0 Å². The summed E-state index contributed by atoms with van der Waals surface area (Å²) in [6.45, 7) is 0. The predicted octanol–water partition coefficient (Wildman–Crippen LogP) is 2.87. The smallest absolute Gasteiger partial charge is 0.311 e. The van der Waals surface area contributed by atoms with E-state index in [2.05, 4.69) is 4.98 Å². The van der Waals surface area contributed by atoms with E-state index in [0.717, 1.165) is 5.82 Å². The zero-order valence-electron chi connectivity index (χ0n) is 10.6. The van der Waals surface area contributed by atoms with E-state index >= 15 is 0 Å². The van der Waals surface area contributed by atoms with Crippen LogP contribution in [0.3, 0.4) is 0 Å². The fourth-order valence-electron chi connectivity index (χ4n) is 2.08. The molecule has 1 N–H and O–H groups in total. The summed E-state index contributed by atoms with van der Waals surface area (Å²) in [5.41, 5.74) is 0.658. The first-order chi connectivity index (χ1) is 9.09. The van der Waals surface area contributed by atoms with E-state index in [-0.39, 0.29) is 0 Å². The molecule has 100 valence electrons. The molecule has 1 aromatic carbocycles. The molecule has 0 aliphatic heterocycles. The van der Waals surface area contributed by atoms with Crippen molar-refractivity contribution in [2.45, 2.75) is 18.8 Å². The van der Waals surface area contributed by atoms with Crippen molar-refractivity contribution in [2.24, 2.45) is 7.05 Å². The van der Waals surface area contributed by atoms with E-state index in [1.165, 1.54) is 0 Å². The molecule has 0 fully saturated rings. The predicted molar refractivity (Wildman–Crippen MR) is 73.4 cm³/mol. The molecule has 0 aliphatic rings. The van der Waals surface area contributed by atoms with Gasteiger partial charge < -0.3 is 9.67 Å². The van der Waals surface area contributed by atoms with E-state index in [4.69, 9.17) is 11.6 Å². The maximum absolute atomic E-state index is 11.4. The molecule has 0 spiro atoms. The number of rotatable bonds is 5. The van der Waals surface area contributed by atoms with Gasteiger partial charge in [0.15, 0.2) is 0 Å². The minimum absolute atomic E-state index is 0.476. The van der Waals surface area contributed by atoms with Crippen molar-refractivity contribution in [3.05, 3.63) is 53.1 Å². The van der Waals surface area contributed by atoms with Crippen LogP contribution in [0, 0.1) is 0 Å². The Kier molecular flexibility index (Phi) is 4.22. The lowest BCUT2D eigenvalue weighted by atomic mass is 9.94. The summed E-state index contributed by atoms with van der Waals surface area (Å²) in [6.07, 6.45) is 4.64. The number of hydrogen-bond donors (Lipinski definition) is 1. The molecule has 0 saturated carbocycles. The SMILES string of the molecule is Cn1ccnc1CCC(C(=O)O)c1ccccc1Cl. The lowest BCUT2D eigenvalue weighted by Gasteiger charge is -2.14. The maximum Gasteiger partial charge on any atom is 0.311 e. The van der Waals surface area contributed by atoms with Gasteiger partial charge in [0.25, 0.3) is 0 Å². The minimum Gasteiger partial charge on any atom is -0.481 e. The lowest BCUT2D eigenvalue weighted by molar-refractivity contribution is -0.138. The van der Waals surface area contributed by atoms with Gasteiger partial charge in [-0.3, -0.25) is 4.79 Å². The molecule has 0 saturated heterocycles. The van der Waals surface area contributed by atoms with Crippen molar-refractivity contribution in [1.29, 1.82) is 0 Å². The van der Waals surface area contributed by atoms with E-state index in [1.54, 1.807) is 30.5 Å². The lowest BCUT2D eigenvalue weighted by Crippen LogP contribution is -2.14.